The lowest BCUT2D eigenvalue weighted by molar-refractivity contribution is 0.222. The highest BCUT2D eigenvalue weighted by atomic mass is 32.2. The molecule has 1 N–H and O–H groups in total. The van der Waals surface area contributed by atoms with E-state index in [9.17, 15) is 0 Å². The van der Waals surface area contributed by atoms with Gasteiger partial charge in [-0.2, -0.15) is 0 Å². The maximum absolute atomic E-state index is 3.39. The Balaban J connectivity index is 1.82. The van der Waals surface area contributed by atoms with Crippen molar-refractivity contribution >= 4 is 11.8 Å². The highest BCUT2D eigenvalue weighted by molar-refractivity contribution is 8.00. The van der Waals surface area contributed by atoms with Gasteiger partial charge in [-0.05, 0) is 18.6 Å². The molecule has 1 unspecified atom stereocenters. The largest absolute Gasteiger partial charge is 0.314 e. The molecule has 3 heteroatoms. The fourth-order valence-electron chi connectivity index (χ4n) is 1.82. The molecule has 0 bridgehead atoms. The minimum absolute atomic E-state index is 0.858. The highest BCUT2D eigenvalue weighted by Crippen LogP contribution is 2.28. The van der Waals surface area contributed by atoms with Crippen LogP contribution in [0.2, 0.25) is 0 Å². The summed E-state index contributed by atoms with van der Waals surface area (Å²) in [6.45, 7) is 4.91. The van der Waals surface area contributed by atoms with Gasteiger partial charge in [0.15, 0.2) is 0 Å². The zero-order valence-corrected chi connectivity index (χ0v) is 7.70. The van der Waals surface area contributed by atoms with E-state index in [0.717, 1.165) is 5.37 Å². The van der Waals surface area contributed by atoms with Crippen LogP contribution in [0.25, 0.3) is 0 Å². The molecule has 64 valence electrons. The summed E-state index contributed by atoms with van der Waals surface area (Å²) in [5.74, 6) is 1.38. The first-order valence-electron chi connectivity index (χ1n) is 4.53. The molecule has 2 nitrogen and oxygen atoms in total. The number of rotatable bonds is 1. The zero-order chi connectivity index (χ0) is 7.52. The number of thioether (sulfide) groups is 1. The number of nitrogens with one attached hydrogen (secondary N) is 1. The van der Waals surface area contributed by atoms with Crippen LogP contribution in [0, 0.1) is 0 Å². The predicted octanol–water partition coefficient (Wildman–Crippen LogP) is 0.745. The quantitative estimate of drug-likeness (QED) is 0.628. The van der Waals surface area contributed by atoms with E-state index in [2.05, 4.69) is 22.0 Å². The van der Waals surface area contributed by atoms with Crippen LogP contribution >= 0.6 is 11.8 Å². The summed E-state index contributed by atoms with van der Waals surface area (Å²) < 4.78 is 0. The van der Waals surface area contributed by atoms with Crippen molar-refractivity contribution in [3.8, 4) is 0 Å². The summed E-state index contributed by atoms with van der Waals surface area (Å²) in [5, 5.41) is 4.25. The van der Waals surface area contributed by atoms with Gasteiger partial charge >= 0.3 is 0 Å². The number of piperazine rings is 1. The summed E-state index contributed by atoms with van der Waals surface area (Å²) in [6, 6.07) is 0. The smallest absolute Gasteiger partial charge is 0.0558 e. The molecule has 2 rings (SSSR count). The van der Waals surface area contributed by atoms with Gasteiger partial charge in [-0.25, -0.2) is 0 Å². The van der Waals surface area contributed by atoms with E-state index in [0.29, 0.717) is 0 Å². The van der Waals surface area contributed by atoms with Crippen LogP contribution in [-0.2, 0) is 0 Å². The highest BCUT2D eigenvalue weighted by Gasteiger charge is 2.23. The summed E-state index contributed by atoms with van der Waals surface area (Å²) in [5.41, 5.74) is 0. The van der Waals surface area contributed by atoms with Gasteiger partial charge in [0.2, 0.25) is 0 Å². The maximum atomic E-state index is 3.39. The minimum atomic E-state index is 0.858. The van der Waals surface area contributed by atoms with Crippen molar-refractivity contribution in [3.05, 3.63) is 0 Å². The predicted molar refractivity (Wildman–Crippen MR) is 49.9 cm³/mol. The fraction of sp³-hybridized carbons (Fsp3) is 1.00. The van der Waals surface area contributed by atoms with Crippen LogP contribution < -0.4 is 5.32 Å². The van der Waals surface area contributed by atoms with Crippen LogP contribution in [0.5, 0.6) is 0 Å². The molecule has 2 fully saturated rings. The van der Waals surface area contributed by atoms with E-state index >= 15 is 0 Å². The van der Waals surface area contributed by atoms with Gasteiger partial charge in [0.05, 0.1) is 5.37 Å². The lowest BCUT2D eigenvalue weighted by Crippen LogP contribution is -2.46. The third-order valence-corrected chi connectivity index (χ3v) is 3.91. The molecule has 0 aromatic rings. The Morgan fingerprint density at radius 2 is 2.09 bits per heavy atom. The second-order valence-corrected chi connectivity index (χ2v) is 4.54. The molecule has 0 aromatic heterocycles. The summed E-state index contributed by atoms with van der Waals surface area (Å²) in [7, 11) is 0. The van der Waals surface area contributed by atoms with Crippen molar-refractivity contribution in [2.75, 3.05) is 31.9 Å². The molecule has 0 amide bonds. The molecular weight excluding hydrogens is 156 g/mol. The number of hydrogen-bond acceptors (Lipinski definition) is 3. The van der Waals surface area contributed by atoms with Gasteiger partial charge in [0.1, 0.15) is 0 Å². The molecule has 2 aliphatic rings. The molecule has 2 heterocycles. The average molecular weight is 172 g/mol. The first kappa shape index (κ1) is 7.90. The zero-order valence-electron chi connectivity index (χ0n) is 6.88. The topological polar surface area (TPSA) is 15.3 Å². The fourth-order valence-corrected chi connectivity index (χ4v) is 3.18. The number of hydrogen-bond donors (Lipinski definition) is 1. The standard InChI is InChI=1S/C8H16N2S/c1-2-8(11-7-1)10-5-3-9-4-6-10/h8-9H,1-7H2. The molecule has 2 saturated heterocycles. The normalized spacial score (nSPS) is 34.4. The van der Waals surface area contributed by atoms with Gasteiger partial charge in [0.25, 0.3) is 0 Å². The Morgan fingerprint density at radius 3 is 2.73 bits per heavy atom. The Hall–Kier alpha value is 0.270. The van der Waals surface area contributed by atoms with Crippen LogP contribution in [0.3, 0.4) is 0 Å². The van der Waals surface area contributed by atoms with Crippen molar-refractivity contribution in [1.29, 1.82) is 0 Å². The van der Waals surface area contributed by atoms with Crippen LogP contribution in [0.4, 0.5) is 0 Å². The SMILES string of the molecule is C1CSC(N2CCNCC2)C1. The van der Waals surface area contributed by atoms with Gasteiger partial charge in [-0.3, -0.25) is 4.90 Å². The van der Waals surface area contributed by atoms with Crippen molar-refractivity contribution in [3.63, 3.8) is 0 Å². The van der Waals surface area contributed by atoms with Crippen LogP contribution in [0.15, 0.2) is 0 Å². The summed E-state index contributed by atoms with van der Waals surface area (Å²) in [6.07, 6.45) is 2.85. The Labute approximate surface area is 72.7 Å². The molecule has 11 heavy (non-hydrogen) atoms. The molecular formula is C8H16N2S. The third-order valence-electron chi connectivity index (χ3n) is 2.46. The van der Waals surface area contributed by atoms with E-state index in [1.165, 1.54) is 44.8 Å². The van der Waals surface area contributed by atoms with E-state index in [4.69, 9.17) is 0 Å². The molecule has 0 saturated carbocycles. The maximum Gasteiger partial charge on any atom is 0.0558 e. The molecule has 0 aromatic carbocycles. The second kappa shape index (κ2) is 3.78. The average Bonchev–Trinajstić information content (AvgIpc) is 2.58. The van der Waals surface area contributed by atoms with Crippen molar-refractivity contribution in [2.45, 2.75) is 18.2 Å². The first-order chi connectivity index (χ1) is 5.47. The van der Waals surface area contributed by atoms with Crippen molar-refractivity contribution in [2.24, 2.45) is 0 Å². The van der Waals surface area contributed by atoms with E-state index in [1.807, 2.05) is 0 Å². The van der Waals surface area contributed by atoms with Crippen molar-refractivity contribution < 1.29 is 0 Å². The lowest BCUT2D eigenvalue weighted by atomic mass is 10.3. The van der Waals surface area contributed by atoms with Gasteiger partial charge in [0, 0.05) is 26.2 Å². The van der Waals surface area contributed by atoms with Gasteiger partial charge in [-0.1, -0.05) is 0 Å². The summed E-state index contributed by atoms with van der Waals surface area (Å²) >= 11 is 2.15. The van der Waals surface area contributed by atoms with E-state index in [1.54, 1.807) is 0 Å². The molecule has 0 spiro atoms. The monoisotopic (exact) mass is 172 g/mol. The van der Waals surface area contributed by atoms with E-state index < -0.39 is 0 Å². The van der Waals surface area contributed by atoms with E-state index in [-0.39, 0.29) is 0 Å². The lowest BCUT2D eigenvalue weighted by Gasteiger charge is -2.31. The Morgan fingerprint density at radius 1 is 1.27 bits per heavy atom. The van der Waals surface area contributed by atoms with Crippen LogP contribution in [0.1, 0.15) is 12.8 Å². The molecule has 2 aliphatic heterocycles. The third kappa shape index (κ3) is 1.89. The van der Waals surface area contributed by atoms with Crippen molar-refractivity contribution in [1.82, 2.24) is 10.2 Å². The summed E-state index contributed by atoms with van der Waals surface area (Å²) in [4.78, 5) is 2.63. The molecule has 0 aliphatic carbocycles. The number of nitrogens with zero attached hydrogens (tertiary/aromatic N) is 1. The van der Waals surface area contributed by atoms with Crippen LogP contribution in [-0.4, -0.2) is 42.2 Å². The van der Waals surface area contributed by atoms with Gasteiger partial charge < -0.3 is 5.32 Å². The van der Waals surface area contributed by atoms with Gasteiger partial charge in [-0.15, -0.1) is 11.8 Å². The second-order valence-electron chi connectivity index (χ2n) is 3.25. The minimum Gasteiger partial charge on any atom is -0.314 e. The molecule has 0 radical (unpaired) electrons. The Kier molecular flexibility index (Phi) is 2.72. The Bertz CT molecular complexity index is 117. The molecule has 1 atom stereocenters. The first-order valence-corrected chi connectivity index (χ1v) is 5.58.